The van der Waals surface area contributed by atoms with E-state index in [1.807, 2.05) is 39.6 Å². The highest BCUT2D eigenvalue weighted by atomic mass is 16.2. The molecule has 1 aromatic heterocycles. The molecule has 0 bridgehead atoms. The molecule has 1 amide bonds. The number of amides is 1. The van der Waals surface area contributed by atoms with Crippen LogP contribution in [0.15, 0.2) is 0 Å². The fraction of sp³-hybridized carbons (Fsp3) is 0.684. The number of aromatic nitrogens is 2. The van der Waals surface area contributed by atoms with E-state index in [1.165, 1.54) is 0 Å². The highest BCUT2D eigenvalue weighted by Gasteiger charge is 2.30. The summed E-state index contributed by atoms with van der Waals surface area (Å²) in [5, 5.41) is 18.3. The summed E-state index contributed by atoms with van der Waals surface area (Å²) in [6, 6.07) is 2.55. The number of hydrogen-bond acceptors (Lipinski definition) is 5. The van der Waals surface area contributed by atoms with Crippen molar-refractivity contribution in [2.75, 3.05) is 25.0 Å². The molecule has 0 atom stereocenters. The van der Waals surface area contributed by atoms with Gasteiger partial charge in [0.15, 0.2) is 5.82 Å². The zero-order chi connectivity index (χ0) is 18.6. The number of rotatable bonds is 5. The molecular weight excluding hydrogens is 314 g/mol. The zero-order valence-corrected chi connectivity index (χ0v) is 16.0. The molecule has 1 fully saturated rings. The minimum Gasteiger partial charge on any atom is -0.354 e. The molecule has 6 nitrogen and oxygen atoms in total. The largest absolute Gasteiger partial charge is 0.354 e. The Hall–Kier alpha value is -2.16. The van der Waals surface area contributed by atoms with Crippen LogP contribution in [0.2, 0.25) is 0 Å². The van der Waals surface area contributed by atoms with Gasteiger partial charge in [-0.25, -0.2) is 0 Å². The average molecular weight is 343 g/mol. The number of carbonyl (C=O) groups excluding carboxylic acids is 1. The summed E-state index contributed by atoms with van der Waals surface area (Å²) in [6.07, 6.45) is 3.14. The number of nitrogens with zero attached hydrogens (tertiary/aromatic N) is 5. The zero-order valence-electron chi connectivity index (χ0n) is 16.0. The van der Waals surface area contributed by atoms with Crippen molar-refractivity contribution < 1.29 is 4.79 Å². The summed E-state index contributed by atoms with van der Waals surface area (Å²) in [6.45, 7) is 9.62. The van der Waals surface area contributed by atoms with E-state index >= 15 is 0 Å². The van der Waals surface area contributed by atoms with E-state index in [0.29, 0.717) is 11.4 Å². The Labute approximate surface area is 150 Å². The Morgan fingerprint density at radius 2 is 1.92 bits per heavy atom. The lowest BCUT2D eigenvalue weighted by atomic mass is 9.94. The minimum absolute atomic E-state index is 0.0581. The minimum atomic E-state index is 0.0581. The molecule has 25 heavy (non-hydrogen) atoms. The molecule has 2 rings (SSSR count). The van der Waals surface area contributed by atoms with Crippen LogP contribution in [0.25, 0.3) is 0 Å². The Morgan fingerprint density at radius 3 is 2.40 bits per heavy atom. The van der Waals surface area contributed by atoms with Crippen molar-refractivity contribution in [1.29, 1.82) is 5.26 Å². The number of anilines is 1. The van der Waals surface area contributed by atoms with Crippen LogP contribution in [0.5, 0.6) is 0 Å². The third-order valence-electron chi connectivity index (χ3n) is 5.21. The molecule has 136 valence electrons. The molecule has 1 aliphatic rings. The van der Waals surface area contributed by atoms with Crippen LogP contribution in [0.3, 0.4) is 0 Å². The fourth-order valence-corrected chi connectivity index (χ4v) is 3.38. The summed E-state index contributed by atoms with van der Waals surface area (Å²) in [7, 11) is 1.87. The van der Waals surface area contributed by atoms with E-state index in [2.05, 4.69) is 21.2 Å². The predicted octanol–water partition coefficient (Wildman–Crippen LogP) is 2.56. The van der Waals surface area contributed by atoms with Gasteiger partial charge in [-0.05, 0) is 45.1 Å². The van der Waals surface area contributed by atoms with Crippen LogP contribution in [0.4, 0.5) is 5.82 Å². The van der Waals surface area contributed by atoms with Crippen molar-refractivity contribution in [3.05, 3.63) is 16.8 Å². The van der Waals surface area contributed by atoms with E-state index in [1.54, 1.807) is 0 Å². The maximum absolute atomic E-state index is 12.5. The van der Waals surface area contributed by atoms with Crippen molar-refractivity contribution in [1.82, 2.24) is 15.1 Å². The van der Waals surface area contributed by atoms with Crippen molar-refractivity contribution in [3.63, 3.8) is 0 Å². The van der Waals surface area contributed by atoms with Gasteiger partial charge in [0.25, 0.3) is 0 Å². The van der Waals surface area contributed by atoms with E-state index in [0.717, 1.165) is 50.0 Å². The Bertz CT molecular complexity index is 657. The van der Waals surface area contributed by atoms with Crippen molar-refractivity contribution >= 4 is 11.7 Å². The van der Waals surface area contributed by atoms with Gasteiger partial charge in [-0.2, -0.15) is 10.4 Å². The lowest BCUT2D eigenvalue weighted by molar-refractivity contribution is -0.136. The molecule has 0 radical (unpaired) electrons. The Kier molecular flexibility index (Phi) is 6.35. The quantitative estimate of drug-likeness (QED) is 0.821. The van der Waals surface area contributed by atoms with Gasteiger partial charge in [0.05, 0.1) is 5.69 Å². The number of nitriles is 1. The van der Waals surface area contributed by atoms with Crippen LogP contribution in [0.1, 0.15) is 57.4 Å². The standard InChI is InChI=1S/C19H29N5O/c1-6-15-16(12-20)18(22-21-17(15)7-2)24-10-8-14(9-11-24)19(25)23(5)13(3)4/h13-14H,6-11H2,1-5H3. The van der Waals surface area contributed by atoms with E-state index in [-0.39, 0.29) is 17.9 Å². The van der Waals surface area contributed by atoms with E-state index < -0.39 is 0 Å². The Morgan fingerprint density at radius 1 is 1.28 bits per heavy atom. The number of hydrogen-bond donors (Lipinski definition) is 0. The van der Waals surface area contributed by atoms with Crippen LogP contribution >= 0.6 is 0 Å². The van der Waals surface area contributed by atoms with Crippen LogP contribution < -0.4 is 4.90 Å². The molecule has 0 N–H and O–H groups in total. The first-order chi connectivity index (χ1) is 11.9. The normalized spacial score (nSPS) is 15.3. The lowest BCUT2D eigenvalue weighted by Crippen LogP contribution is -2.43. The molecular formula is C19H29N5O. The second-order valence-electron chi connectivity index (χ2n) is 6.95. The second kappa shape index (κ2) is 8.28. The van der Waals surface area contributed by atoms with Gasteiger partial charge in [-0.3, -0.25) is 4.79 Å². The molecule has 0 spiro atoms. The smallest absolute Gasteiger partial charge is 0.225 e. The predicted molar refractivity (Wildman–Crippen MR) is 98.3 cm³/mol. The first-order valence-electron chi connectivity index (χ1n) is 9.24. The number of carbonyl (C=O) groups is 1. The molecule has 0 aromatic carbocycles. The topological polar surface area (TPSA) is 73.1 Å². The average Bonchev–Trinajstić information content (AvgIpc) is 2.65. The van der Waals surface area contributed by atoms with E-state index in [9.17, 15) is 10.1 Å². The molecule has 0 saturated carbocycles. The highest BCUT2D eigenvalue weighted by molar-refractivity contribution is 5.79. The van der Waals surface area contributed by atoms with Gasteiger partial charge in [0.2, 0.25) is 5.91 Å². The third kappa shape index (κ3) is 3.92. The van der Waals surface area contributed by atoms with Crippen LogP contribution in [-0.4, -0.2) is 47.2 Å². The fourth-order valence-electron chi connectivity index (χ4n) is 3.38. The molecule has 1 aromatic rings. The van der Waals surface area contributed by atoms with Crippen molar-refractivity contribution in [2.24, 2.45) is 5.92 Å². The number of aryl methyl sites for hydroxylation is 1. The van der Waals surface area contributed by atoms with Gasteiger partial charge in [-0.1, -0.05) is 13.8 Å². The molecule has 1 aliphatic heterocycles. The monoisotopic (exact) mass is 343 g/mol. The van der Waals surface area contributed by atoms with Crippen molar-refractivity contribution in [3.8, 4) is 6.07 Å². The summed E-state index contributed by atoms with van der Waals surface area (Å²) < 4.78 is 0. The van der Waals surface area contributed by atoms with Crippen molar-refractivity contribution in [2.45, 2.75) is 59.4 Å². The van der Waals surface area contributed by atoms with Gasteiger partial charge in [0, 0.05) is 32.1 Å². The highest BCUT2D eigenvalue weighted by Crippen LogP contribution is 2.28. The summed E-state index contributed by atoms with van der Waals surface area (Å²) in [5.74, 6) is 0.958. The molecule has 0 aliphatic carbocycles. The molecule has 2 heterocycles. The van der Waals surface area contributed by atoms with E-state index in [4.69, 9.17) is 0 Å². The third-order valence-corrected chi connectivity index (χ3v) is 5.21. The second-order valence-corrected chi connectivity index (χ2v) is 6.95. The Balaban J connectivity index is 2.16. The maximum atomic E-state index is 12.5. The van der Waals surface area contributed by atoms with Crippen LogP contribution in [0, 0.1) is 17.2 Å². The molecule has 0 unspecified atom stereocenters. The van der Waals surface area contributed by atoms with Gasteiger partial charge < -0.3 is 9.80 Å². The molecule has 1 saturated heterocycles. The summed E-state index contributed by atoms with van der Waals surface area (Å²) in [4.78, 5) is 16.5. The summed E-state index contributed by atoms with van der Waals surface area (Å²) >= 11 is 0. The first kappa shape index (κ1) is 19.2. The SMILES string of the molecule is CCc1nnc(N2CCC(C(=O)N(C)C(C)C)CC2)c(C#N)c1CC. The first-order valence-corrected chi connectivity index (χ1v) is 9.24. The van der Waals surface area contributed by atoms with Gasteiger partial charge in [-0.15, -0.1) is 5.10 Å². The van der Waals surface area contributed by atoms with Gasteiger partial charge in [0.1, 0.15) is 11.6 Å². The molecule has 6 heteroatoms. The maximum Gasteiger partial charge on any atom is 0.225 e. The summed E-state index contributed by atoms with van der Waals surface area (Å²) in [5.41, 5.74) is 2.57. The van der Waals surface area contributed by atoms with Crippen LogP contribution in [-0.2, 0) is 17.6 Å². The van der Waals surface area contributed by atoms with Gasteiger partial charge >= 0.3 is 0 Å². The number of piperidine rings is 1. The lowest BCUT2D eigenvalue weighted by Gasteiger charge is -2.35.